The van der Waals surface area contributed by atoms with Gasteiger partial charge in [-0.1, -0.05) is 12.2 Å². The van der Waals surface area contributed by atoms with E-state index in [4.69, 9.17) is 19.4 Å². The molecule has 2 N–H and O–H groups in total. The summed E-state index contributed by atoms with van der Waals surface area (Å²) in [5.74, 6) is -1.56. The normalized spacial score (nSPS) is 29.0. The highest BCUT2D eigenvalue weighted by Gasteiger charge is 2.62. The number of sulfonamides is 1. The van der Waals surface area contributed by atoms with Crippen molar-refractivity contribution in [2.45, 2.75) is 87.0 Å². The Morgan fingerprint density at radius 1 is 1.08 bits per heavy atom. The third-order valence-electron chi connectivity index (χ3n) is 11.0. The average Bonchev–Trinajstić information content (AvgIpc) is 4.06. The highest BCUT2D eigenvalue weighted by atomic mass is 32.2. The standard InChI is InChI=1S/C37H43N5O7S2/c1-42-14-6-4-3-5-7-23-19-37(23,36(45)41-51(46,47)26-11-12-26)40-32(43)28-17-25(18-29(28)35(42)44)49-33-27-13-10-24(48-2)15-22(27)16-30(38-33)34-39-31(20-50-34)21-8-9-21/h5,7,10,13,15-16,20-21,23,25-26,28-29H,3-4,6,8-9,11-12,14,17-19H2,1-2H3,(H,40,43)(H,41,45)/b7-5+. The Kier molecular flexibility index (Phi) is 8.80. The van der Waals surface area contributed by atoms with Gasteiger partial charge < -0.3 is 19.7 Å². The number of ether oxygens (including phenoxy) is 2. The lowest BCUT2D eigenvalue weighted by Gasteiger charge is -2.26. The zero-order valence-corrected chi connectivity index (χ0v) is 30.4. The van der Waals surface area contributed by atoms with Crippen molar-refractivity contribution in [3.63, 3.8) is 0 Å². The van der Waals surface area contributed by atoms with Crippen molar-refractivity contribution in [3.05, 3.63) is 47.5 Å². The molecule has 4 saturated carbocycles. The van der Waals surface area contributed by atoms with E-state index < -0.39 is 50.6 Å². The Balaban J connectivity index is 1.09. The van der Waals surface area contributed by atoms with E-state index in [0.717, 1.165) is 53.6 Å². The molecular weight excluding hydrogens is 691 g/mol. The molecule has 5 atom stereocenters. The first-order valence-electron chi connectivity index (χ1n) is 18.0. The smallest absolute Gasteiger partial charge is 0.259 e. The second-order valence-electron chi connectivity index (χ2n) is 14.8. The Morgan fingerprint density at radius 2 is 1.88 bits per heavy atom. The molecular formula is C37H43N5O7S2. The topological polar surface area (TPSA) is 157 Å². The third kappa shape index (κ3) is 6.84. The van der Waals surface area contributed by atoms with Gasteiger partial charge in [-0.25, -0.2) is 18.4 Å². The summed E-state index contributed by atoms with van der Waals surface area (Å²) in [5.41, 5.74) is 0.367. The van der Waals surface area contributed by atoms with E-state index in [0.29, 0.717) is 42.6 Å². The molecule has 12 nitrogen and oxygen atoms in total. The van der Waals surface area contributed by atoms with E-state index in [1.807, 2.05) is 36.4 Å². The predicted octanol–water partition coefficient (Wildman–Crippen LogP) is 4.70. The molecule has 14 heteroatoms. The highest BCUT2D eigenvalue weighted by Crippen LogP contribution is 2.47. The number of hydrogen-bond donors (Lipinski definition) is 2. The minimum absolute atomic E-state index is 0.150. The van der Waals surface area contributed by atoms with Gasteiger partial charge in [-0.3, -0.25) is 19.1 Å². The van der Waals surface area contributed by atoms with Gasteiger partial charge in [0.1, 0.15) is 28.1 Å². The first kappa shape index (κ1) is 34.1. The van der Waals surface area contributed by atoms with Gasteiger partial charge in [0.15, 0.2) is 0 Å². The lowest BCUT2D eigenvalue weighted by Crippen LogP contribution is -2.54. The molecule has 3 heterocycles. The number of amides is 3. The van der Waals surface area contributed by atoms with Crippen LogP contribution in [0, 0.1) is 17.8 Å². The van der Waals surface area contributed by atoms with Gasteiger partial charge in [0, 0.05) is 36.2 Å². The molecule has 0 radical (unpaired) electrons. The van der Waals surface area contributed by atoms with Crippen molar-refractivity contribution >= 4 is 49.9 Å². The summed E-state index contributed by atoms with van der Waals surface area (Å²) in [6, 6.07) is 7.65. The van der Waals surface area contributed by atoms with E-state index in [9.17, 15) is 22.8 Å². The SMILES string of the molecule is COc1ccc2c(OC3CC4C(=O)NC5(C(=O)NS(=O)(=O)C6CC6)CC5/C=C/CCCCN(C)C(=O)C4C3)nc(-c3nc(C4CC4)cs3)cc2c1. The van der Waals surface area contributed by atoms with Crippen LogP contribution in [0.2, 0.25) is 0 Å². The zero-order chi connectivity index (χ0) is 35.5. The summed E-state index contributed by atoms with van der Waals surface area (Å²) in [6.07, 6.45) is 9.87. The second-order valence-corrected chi connectivity index (χ2v) is 17.6. The fraction of sp³-hybridized carbons (Fsp3) is 0.541. The van der Waals surface area contributed by atoms with E-state index in [-0.39, 0.29) is 31.1 Å². The summed E-state index contributed by atoms with van der Waals surface area (Å²) in [7, 11) is -0.445. The Morgan fingerprint density at radius 3 is 2.65 bits per heavy atom. The molecule has 0 saturated heterocycles. The number of thiazole rings is 1. The Labute approximate surface area is 301 Å². The van der Waals surface area contributed by atoms with Gasteiger partial charge in [0.25, 0.3) is 5.91 Å². The summed E-state index contributed by atoms with van der Waals surface area (Å²) in [5, 5.41) is 6.89. The lowest BCUT2D eigenvalue weighted by molar-refractivity contribution is -0.140. The molecule has 1 aliphatic heterocycles. The fourth-order valence-corrected chi connectivity index (χ4v) is 9.78. The Hall–Kier alpha value is -4.04. The molecule has 3 aromatic rings. The van der Waals surface area contributed by atoms with Crippen LogP contribution in [0.4, 0.5) is 0 Å². The predicted molar refractivity (Wildman–Crippen MR) is 192 cm³/mol. The number of nitrogens with one attached hydrogen (secondary N) is 2. The van der Waals surface area contributed by atoms with Crippen LogP contribution in [0.1, 0.15) is 75.8 Å². The van der Waals surface area contributed by atoms with E-state index in [2.05, 4.69) is 15.4 Å². The quantitative estimate of drug-likeness (QED) is 0.314. The summed E-state index contributed by atoms with van der Waals surface area (Å²) in [4.78, 5) is 53.3. The van der Waals surface area contributed by atoms with Crippen LogP contribution >= 0.6 is 11.3 Å². The van der Waals surface area contributed by atoms with Gasteiger partial charge in [-0.15, -0.1) is 11.3 Å². The van der Waals surface area contributed by atoms with Crippen molar-refractivity contribution in [2.24, 2.45) is 17.8 Å². The second kappa shape index (κ2) is 13.2. The van der Waals surface area contributed by atoms with Crippen LogP contribution in [0.5, 0.6) is 11.6 Å². The van der Waals surface area contributed by atoms with Crippen molar-refractivity contribution in [3.8, 4) is 22.3 Å². The molecule has 5 aliphatic rings. The molecule has 5 unspecified atom stereocenters. The summed E-state index contributed by atoms with van der Waals surface area (Å²) >= 11 is 1.55. The first-order chi connectivity index (χ1) is 24.5. The van der Waals surface area contributed by atoms with Gasteiger partial charge in [0.2, 0.25) is 27.7 Å². The minimum atomic E-state index is -3.82. The van der Waals surface area contributed by atoms with Gasteiger partial charge >= 0.3 is 0 Å². The number of hydrogen-bond acceptors (Lipinski definition) is 10. The molecule has 0 bridgehead atoms. The van der Waals surface area contributed by atoms with E-state index in [1.54, 1.807) is 30.4 Å². The maximum atomic E-state index is 14.2. The minimum Gasteiger partial charge on any atom is -0.497 e. The summed E-state index contributed by atoms with van der Waals surface area (Å²) < 4.78 is 40.0. The van der Waals surface area contributed by atoms with Crippen LogP contribution in [0.15, 0.2) is 41.8 Å². The van der Waals surface area contributed by atoms with Crippen molar-refractivity contribution in [1.82, 2.24) is 24.9 Å². The van der Waals surface area contributed by atoms with Crippen molar-refractivity contribution < 1.29 is 32.3 Å². The largest absolute Gasteiger partial charge is 0.497 e. The molecule has 4 aliphatic carbocycles. The maximum absolute atomic E-state index is 14.2. The van der Waals surface area contributed by atoms with Crippen LogP contribution in [-0.2, 0) is 24.4 Å². The Bertz CT molecular complexity index is 2020. The molecule has 4 fully saturated rings. The van der Waals surface area contributed by atoms with Crippen molar-refractivity contribution in [2.75, 3.05) is 20.7 Å². The monoisotopic (exact) mass is 733 g/mol. The number of rotatable bonds is 8. The lowest BCUT2D eigenvalue weighted by atomic mass is 9.93. The number of nitrogens with zero attached hydrogens (tertiary/aromatic N) is 3. The highest BCUT2D eigenvalue weighted by molar-refractivity contribution is 7.91. The molecule has 2 aromatic heterocycles. The first-order valence-corrected chi connectivity index (χ1v) is 20.4. The third-order valence-corrected chi connectivity index (χ3v) is 13.7. The van der Waals surface area contributed by atoms with Gasteiger partial charge in [0.05, 0.1) is 29.9 Å². The van der Waals surface area contributed by atoms with Gasteiger partial charge in [-0.2, -0.15) is 0 Å². The number of carbonyl (C=O) groups is 3. The number of aromatic nitrogens is 2. The molecule has 1 aromatic carbocycles. The van der Waals surface area contributed by atoms with E-state index in [1.165, 1.54) is 0 Å². The molecule has 270 valence electrons. The molecule has 3 amide bonds. The van der Waals surface area contributed by atoms with E-state index >= 15 is 0 Å². The maximum Gasteiger partial charge on any atom is 0.259 e. The molecule has 51 heavy (non-hydrogen) atoms. The van der Waals surface area contributed by atoms with Crippen LogP contribution in [0.25, 0.3) is 21.5 Å². The average molecular weight is 734 g/mol. The fourth-order valence-electron chi connectivity index (χ4n) is 7.55. The molecule has 0 spiro atoms. The van der Waals surface area contributed by atoms with Crippen molar-refractivity contribution in [1.29, 1.82) is 0 Å². The van der Waals surface area contributed by atoms with Gasteiger partial charge in [-0.05, 0) is 93.9 Å². The van der Waals surface area contributed by atoms with Crippen LogP contribution < -0.4 is 19.5 Å². The number of methoxy groups -OCH3 is 1. The zero-order valence-electron chi connectivity index (χ0n) is 28.8. The number of fused-ring (bicyclic) bond motifs is 3. The van der Waals surface area contributed by atoms with Crippen LogP contribution in [0.3, 0.4) is 0 Å². The molecule has 8 rings (SSSR count). The number of benzene rings is 1. The van der Waals surface area contributed by atoms with Crippen LogP contribution in [-0.4, -0.2) is 78.6 Å². The summed E-state index contributed by atoms with van der Waals surface area (Å²) in [6.45, 7) is 0.560. The number of carbonyl (C=O) groups excluding carboxylic acids is 3. The number of pyridine rings is 1. The number of allylic oxidation sites excluding steroid dienone is 1.